The van der Waals surface area contributed by atoms with Crippen LogP contribution in [0.15, 0.2) is 63.0 Å². The second-order valence-corrected chi connectivity index (χ2v) is 6.66. The minimum atomic E-state index is -4.17. The molecule has 0 saturated heterocycles. The van der Waals surface area contributed by atoms with E-state index in [2.05, 4.69) is 26.5 Å². The van der Waals surface area contributed by atoms with E-state index in [1.165, 1.54) is 24.3 Å². The molecule has 2 aromatic rings. The summed E-state index contributed by atoms with van der Waals surface area (Å²) in [6.07, 6.45) is 0. The third kappa shape index (κ3) is 4.38. The Balaban J connectivity index is 2.14. The van der Waals surface area contributed by atoms with Gasteiger partial charge in [0.05, 0.1) is 16.3 Å². The standard InChI is InChI=1S/C14H13BrN2O3S/c1-10(11-3-2-4-12(15)9-11)16-17-13-5-7-14(8-6-13)21(18,19)20/h2-9,17H,1H3,(H,18,19,20)/b16-10-. The Morgan fingerprint density at radius 2 is 1.86 bits per heavy atom. The van der Waals surface area contributed by atoms with Gasteiger partial charge in [-0.05, 0) is 48.9 Å². The van der Waals surface area contributed by atoms with E-state index in [1.54, 1.807) is 0 Å². The summed E-state index contributed by atoms with van der Waals surface area (Å²) in [5.74, 6) is 0. The average Bonchev–Trinajstić information content (AvgIpc) is 2.44. The molecule has 0 saturated carbocycles. The van der Waals surface area contributed by atoms with Crippen molar-refractivity contribution in [1.82, 2.24) is 0 Å². The second kappa shape index (κ2) is 6.38. The molecule has 2 aromatic carbocycles. The summed E-state index contributed by atoms with van der Waals surface area (Å²) >= 11 is 3.40. The molecule has 0 heterocycles. The molecule has 0 spiro atoms. The molecular weight excluding hydrogens is 356 g/mol. The molecule has 0 aliphatic heterocycles. The number of nitrogens with zero attached hydrogens (tertiary/aromatic N) is 1. The van der Waals surface area contributed by atoms with Gasteiger partial charge in [0, 0.05) is 4.47 Å². The minimum absolute atomic E-state index is 0.152. The topological polar surface area (TPSA) is 78.8 Å². The summed E-state index contributed by atoms with van der Waals surface area (Å²) in [5, 5.41) is 4.23. The first kappa shape index (κ1) is 15.7. The Kier molecular flexibility index (Phi) is 4.76. The van der Waals surface area contributed by atoms with E-state index in [9.17, 15) is 8.42 Å². The van der Waals surface area contributed by atoms with Crippen molar-refractivity contribution in [2.24, 2.45) is 5.10 Å². The Morgan fingerprint density at radius 1 is 1.19 bits per heavy atom. The van der Waals surface area contributed by atoms with E-state index >= 15 is 0 Å². The maximum atomic E-state index is 10.9. The summed E-state index contributed by atoms with van der Waals surface area (Å²) < 4.78 is 31.7. The molecule has 7 heteroatoms. The van der Waals surface area contributed by atoms with Gasteiger partial charge in [-0.1, -0.05) is 28.1 Å². The number of benzene rings is 2. The van der Waals surface area contributed by atoms with Gasteiger partial charge in [-0.2, -0.15) is 13.5 Å². The number of hydrogen-bond donors (Lipinski definition) is 2. The Hall–Kier alpha value is -1.70. The highest BCUT2D eigenvalue weighted by atomic mass is 79.9. The van der Waals surface area contributed by atoms with Gasteiger partial charge in [-0.3, -0.25) is 9.98 Å². The maximum Gasteiger partial charge on any atom is 0.294 e. The number of nitrogens with one attached hydrogen (secondary N) is 1. The van der Waals surface area contributed by atoms with E-state index in [-0.39, 0.29) is 4.90 Å². The van der Waals surface area contributed by atoms with E-state index in [1.807, 2.05) is 31.2 Å². The molecule has 2 N–H and O–H groups in total. The SMILES string of the molecule is C/C(=N/Nc1ccc(S(=O)(=O)O)cc1)c1cccc(Br)c1. The van der Waals surface area contributed by atoms with Crippen LogP contribution in [0.2, 0.25) is 0 Å². The minimum Gasteiger partial charge on any atom is -0.282 e. The van der Waals surface area contributed by atoms with E-state index in [0.29, 0.717) is 5.69 Å². The van der Waals surface area contributed by atoms with Crippen LogP contribution in [0.4, 0.5) is 5.69 Å². The summed E-state index contributed by atoms with van der Waals surface area (Å²) in [7, 11) is -4.17. The van der Waals surface area contributed by atoms with Gasteiger partial charge in [0.1, 0.15) is 0 Å². The fourth-order valence-electron chi connectivity index (χ4n) is 1.63. The summed E-state index contributed by atoms with van der Waals surface area (Å²) in [6.45, 7) is 1.86. The first-order chi connectivity index (χ1) is 9.86. The maximum absolute atomic E-state index is 10.9. The van der Waals surface area contributed by atoms with Crippen molar-refractivity contribution in [3.63, 3.8) is 0 Å². The lowest BCUT2D eigenvalue weighted by Crippen LogP contribution is -2.01. The van der Waals surface area contributed by atoms with Crippen LogP contribution in [0.1, 0.15) is 12.5 Å². The first-order valence-electron chi connectivity index (χ1n) is 6.00. The number of rotatable bonds is 4. The highest BCUT2D eigenvalue weighted by molar-refractivity contribution is 9.10. The number of halogens is 1. The molecule has 0 radical (unpaired) electrons. The second-order valence-electron chi connectivity index (χ2n) is 4.32. The molecule has 0 aliphatic carbocycles. The van der Waals surface area contributed by atoms with Gasteiger partial charge in [0.15, 0.2) is 0 Å². The summed E-state index contributed by atoms with van der Waals surface area (Å²) in [4.78, 5) is -0.152. The van der Waals surface area contributed by atoms with Crippen LogP contribution in [-0.4, -0.2) is 18.7 Å². The van der Waals surface area contributed by atoms with Crippen molar-refractivity contribution >= 4 is 37.4 Å². The molecule has 5 nitrogen and oxygen atoms in total. The van der Waals surface area contributed by atoms with Gasteiger partial charge >= 0.3 is 0 Å². The number of hydrazone groups is 1. The van der Waals surface area contributed by atoms with Gasteiger partial charge in [0.2, 0.25) is 0 Å². The van der Waals surface area contributed by atoms with Crippen LogP contribution in [-0.2, 0) is 10.1 Å². The molecular formula is C14H13BrN2O3S. The molecule has 0 fully saturated rings. The fourth-order valence-corrected chi connectivity index (χ4v) is 2.51. The quantitative estimate of drug-likeness (QED) is 0.491. The van der Waals surface area contributed by atoms with E-state index in [0.717, 1.165) is 15.7 Å². The lowest BCUT2D eigenvalue weighted by molar-refractivity contribution is 0.483. The van der Waals surface area contributed by atoms with Gasteiger partial charge in [-0.15, -0.1) is 0 Å². The third-order valence-electron chi connectivity index (χ3n) is 2.75. The molecule has 0 bridgehead atoms. The molecule has 0 unspecified atom stereocenters. The van der Waals surface area contributed by atoms with Crippen LogP contribution in [0.3, 0.4) is 0 Å². The van der Waals surface area contributed by atoms with Gasteiger partial charge < -0.3 is 0 Å². The van der Waals surface area contributed by atoms with Crippen molar-refractivity contribution in [3.8, 4) is 0 Å². The largest absolute Gasteiger partial charge is 0.294 e. The Bertz CT molecular complexity index is 771. The molecule has 0 amide bonds. The highest BCUT2D eigenvalue weighted by Gasteiger charge is 2.08. The normalized spacial score (nSPS) is 12.2. The van der Waals surface area contributed by atoms with Crippen LogP contribution in [0, 0.1) is 0 Å². The van der Waals surface area contributed by atoms with Crippen LogP contribution in [0.5, 0.6) is 0 Å². The smallest absolute Gasteiger partial charge is 0.282 e. The predicted molar refractivity (Wildman–Crippen MR) is 86.2 cm³/mol. The monoisotopic (exact) mass is 368 g/mol. The molecule has 2 rings (SSSR count). The Labute approximate surface area is 131 Å². The third-order valence-corrected chi connectivity index (χ3v) is 4.11. The van der Waals surface area contributed by atoms with Gasteiger partial charge in [0.25, 0.3) is 10.1 Å². The van der Waals surface area contributed by atoms with Gasteiger partial charge in [-0.25, -0.2) is 0 Å². The van der Waals surface area contributed by atoms with Crippen molar-refractivity contribution in [2.45, 2.75) is 11.8 Å². The number of hydrogen-bond acceptors (Lipinski definition) is 4. The molecule has 110 valence electrons. The Morgan fingerprint density at radius 3 is 2.43 bits per heavy atom. The fraction of sp³-hybridized carbons (Fsp3) is 0.0714. The predicted octanol–water partition coefficient (Wildman–Crippen LogP) is 3.53. The first-order valence-corrected chi connectivity index (χ1v) is 8.23. The van der Waals surface area contributed by atoms with Crippen molar-refractivity contribution in [1.29, 1.82) is 0 Å². The van der Waals surface area contributed by atoms with Crippen LogP contribution in [0.25, 0.3) is 0 Å². The highest BCUT2D eigenvalue weighted by Crippen LogP contribution is 2.15. The molecule has 21 heavy (non-hydrogen) atoms. The van der Waals surface area contributed by atoms with E-state index in [4.69, 9.17) is 4.55 Å². The number of anilines is 1. The molecule has 0 aliphatic rings. The van der Waals surface area contributed by atoms with Crippen molar-refractivity contribution in [2.75, 3.05) is 5.43 Å². The average molecular weight is 369 g/mol. The summed E-state index contributed by atoms with van der Waals surface area (Å²) in [6, 6.07) is 13.4. The van der Waals surface area contributed by atoms with Crippen molar-refractivity contribution in [3.05, 3.63) is 58.6 Å². The zero-order valence-corrected chi connectivity index (χ0v) is 13.5. The summed E-state index contributed by atoms with van der Waals surface area (Å²) in [5.41, 5.74) is 5.21. The van der Waals surface area contributed by atoms with Crippen LogP contribution >= 0.6 is 15.9 Å². The van der Waals surface area contributed by atoms with E-state index < -0.39 is 10.1 Å². The molecule has 0 atom stereocenters. The lowest BCUT2D eigenvalue weighted by Gasteiger charge is -2.05. The molecule has 0 aromatic heterocycles. The zero-order valence-electron chi connectivity index (χ0n) is 11.1. The zero-order chi connectivity index (χ0) is 15.5. The van der Waals surface area contributed by atoms with Crippen LogP contribution < -0.4 is 5.43 Å². The lowest BCUT2D eigenvalue weighted by atomic mass is 10.1. The van der Waals surface area contributed by atoms with Crippen molar-refractivity contribution < 1.29 is 13.0 Å².